The van der Waals surface area contributed by atoms with Crippen LogP contribution in [-0.2, 0) is 6.54 Å². The van der Waals surface area contributed by atoms with E-state index in [0.717, 1.165) is 36.2 Å². The van der Waals surface area contributed by atoms with Gasteiger partial charge in [-0.05, 0) is 43.2 Å². The van der Waals surface area contributed by atoms with Crippen LogP contribution in [0.3, 0.4) is 0 Å². The zero-order valence-corrected chi connectivity index (χ0v) is 15.4. The Bertz CT molecular complexity index is 746. The van der Waals surface area contributed by atoms with E-state index in [4.69, 9.17) is 11.6 Å². The average Bonchev–Trinajstić information content (AvgIpc) is 3.08. The van der Waals surface area contributed by atoms with Crippen LogP contribution in [0.4, 0.5) is 5.69 Å². The second kappa shape index (κ2) is 8.21. The van der Waals surface area contributed by atoms with E-state index < -0.39 is 0 Å². The van der Waals surface area contributed by atoms with Gasteiger partial charge >= 0.3 is 0 Å². The second-order valence-corrected chi connectivity index (χ2v) is 6.69. The molecule has 2 N–H and O–H groups in total. The maximum absolute atomic E-state index is 6.10. The first-order valence-electron chi connectivity index (χ1n) is 8.54. The van der Waals surface area contributed by atoms with E-state index in [1.807, 2.05) is 30.5 Å². The van der Waals surface area contributed by atoms with Crippen LogP contribution in [0.5, 0.6) is 0 Å². The lowest BCUT2D eigenvalue weighted by Gasteiger charge is -2.20. The average molecular weight is 358 g/mol. The van der Waals surface area contributed by atoms with Crippen molar-refractivity contribution >= 4 is 23.2 Å². The van der Waals surface area contributed by atoms with Crippen LogP contribution in [-0.4, -0.2) is 37.1 Å². The summed E-state index contributed by atoms with van der Waals surface area (Å²) in [5, 5.41) is 7.64. The van der Waals surface area contributed by atoms with Crippen molar-refractivity contribution in [3.05, 3.63) is 58.9 Å². The van der Waals surface area contributed by atoms with Gasteiger partial charge in [0, 0.05) is 43.1 Å². The molecule has 6 heteroatoms. The molecule has 0 spiro atoms. The van der Waals surface area contributed by atoms with Crippen LogP contribution in [0.2, 0.25) is 5.02 Å². The Morgan fingerprint density at radius 3 is 3.00 bits per heavy atom. The number of nitrogens with one attached hydrogen (secondary N) is 2. The summed E-state index contributed by atoms with van der Waals surface area (Å²) in [6.45, 7) is 4.68. The Balaban J connectivity index is 1.54. The van der Waals surface area contributed by atoms with Crippen molar-refractivity contribution in [2.75, 3.05) is 25.0 Å². The SMILES string of the molecule is CN=C(NCc1ncccc1C)NC1CCN(c2cccc(Cl)c2)C1. The molecular formula is C19H24ClN5. The van der Waals surface area contributed by atoms with E-state index in [-0.39, 0.29) is 0 Å². The van der Waals surface area contributed by atoms with E-state index in [9.17, 15) is 0 Å². The first-order valence-corrected chi connectivity index (χ1v) is 8.91. The topological polar surface area (TPSA) is 52.6 Å². The number of guanidine groups is 1. The molecule has 1 atom stereocenters. The van der Waals surface area contributed by atoms with Crippen molar-refractivity contribution in [1.82, 2.24) is 15.6 Å². The molecule has 0 aliphatic carbocycles. The summed E-state index contributed by atoms with van der Waals surface area (Å²) in [4.78, 5) is 11.1. The van der Waals surface area contributed by atoms with E-state index in [1.165, 1.54) is 11.3 Å². The molecule has 1 saturated heterocycles. The van der Waals surface area contributed by atoms with Gasteiger partial charge in [0.25, 0.3) is 0 Å². The number of benzene rings is 1. The first-order chi connectivity index (χ1) is 12.2. The van der Waals surface area contributed by atoms with Crippen molar-refractivity contribution in [3.8, 4) is 0 Å². The van der Waals surface area contributed by atoms with E-state index in [0.29, 0.717) is 12.6 Å². The zero-order chi connectivity index (χ0) is 17.6. The molecule has 0 bridgehead atoms. The number of rotatable bonds is 4. The maximum atomic E-state index is 6.10. The summed E-state index contributed by atoms with van der Waals surface area (Å²) in [6, 6.07) is 12.4. The quantitative estimate of drug-likeness (QED) is 0.652. The Kier molecular flexibility index (Phi) is 5.76. The van der Waals surface area contributed by atoms with Crippen LogP contribution >= 0.6 is 11.6 Å². The zero-order valence-electron chi connectivity index (χ0n) is 14.7. The molecule has 0 amide bonds. The van der Waals surface area contributed by atoms with Crippen LogP contribution in [0.25, 0.3) is 0 Å². The summed E-state index contributed by atoms with van der Waals surface area (Å²) >= 11 is 6.10. The van der Waals surface area contributed by atoms with Gasteiger partial charge in [0.05, 0.1) is 12.2 Å². The van der Waals surface area contributed by atoms with Crippen molar-refractivity contribution in [2.45, 2.75) is 25.9 Å². The smallest absolute Gasteiger partial charge is 0.191 e. The first kappa shape index (κ1) is 17.5. The highest BCUT2D eigenvalue weighted by atomic mass is 35.5. The Hall–Kier alpha value is -2.27. The molecule has 2 aromatic rings. The number of halogens is 1. The number of anilines is 1. The van der Waals surface area contributed by atoms with Gasteiger partial charge in [0.15, 0.2) is 5.96 Å². The minimum atomic E-state index is 0.356. The number of hydrogen-bond donors (Lipinski definition) is 2. The summed E-state index contributed by atoms with van der Waals surface area (Å²) in [7, 11) is 1.80. The van der Waals surface area contributed by atoms with Crippen LogP contribution in [0.1, 0.15) is 17.7 Å². The minimum absolute atomic E-state index is 0.356. The third-order valence-corrected chi connectivity index (χ3v) is 4.70. The van der Waals surface area contributed by atoms with Gasteiger partial charge in [0.2, 0.25) is 0 Å². The molecule has 1 aromatic heterocycles. The fourth-order valence-electron chi connectivity index (χ4n) is 3.04. The van der Waals surface area contributed by atoms with Crippen LogP contribution in [0, 0.1) is 6.92 Å². The third kappa shape index (κ3) is 4.63. The van der Waals surface area contributed by atoms with Gasteiger partial charge in [-0.1, -0.05) is 23.7 Å². The molecule has 1 aliphatic rings. The van der Waals surface area contributed by atoms with Crippen molar-refractivity contribution in [2.24, 2.45) is 4.99 Å². The third-order valence-electron chi connectivity index (χ3n) is 4.47. The molecule has 25 heavy (non-hydrogen) atoms. The predicted octanol–water partition coefficient (Wildman–Crippen LogP) is 2.99. The monoisotopic (exact) mass is 357 g/mol. The minimum Gasteiger partial charge on any atom is -0.369 e. The van der Waals surface area contributed by atoms with Crippen molar-refractivity contribution in [1.29, 1.82) is 0 Å². The van der Waals surface area contributed by atoms with E-state index in [1.54, 1.807) is 7.05 Å². The lowest BCUT2D eigenvalue weighted by molar-refractivity contribution is 0.647. The highest BCUT2D eigenvalue weighted by Gasteiger charge is 2.23. The fraction of sp³-hybridized carbons (Fsp3) is 0.368. The summed E-state index contributed by atoms with van der Waals surface area (Å²) in [6.07, 6.45) is 2.88. The lowest BCUT2D eigenvalue weighted by Crippen LogP contribution is -2.44. The number of hydrogen-bond acceptors (Lipinski definition) is 3. The normalized spacial score (nSPS) is 17.6. The van der Waals surface area contributed by atoms with Gasteiger partial charge in [0.1, 0.15) is 0 Å². The van der Waals surface area contributed by atoms with Crippen LogP contribution in [0.15, 0.2) is 47.6 Å². The van der Waals surface area contributed by atoms with E-state index in [2.05, 4.69) is 44.6 Å². The largest absolute Gasteiger partial charge is 0.369 e. The molecule has 1 aromatic carbocycles. The molecule has 0 saturated carbocycles. The number of pyridine rings is 1. The maximum Gasteiger partial charge on any atom is 0.191 e. The molecule has 1 aliphatic heterocycles. The number of aliphatic imine (C=N–C) groups is 1. The fourth-order valence-corrected chi connectivity index (χ4v) is 3.23. The number of aryl methyl sites for hydroxylation is 1. The summed E-state index contributed by atoms with van der Waals surface area (Å²) in [5.41, 5.74) is 3.39. The molecule has 3 rings (SSSR count). The summed E-state index contributed by atoms with van der Waals surface area (Å²) in [5.74, 6) is 0.808. The number of nitrogens with zero attached hydrogens (tertiary/aromatic N) is 3. The Morgan fingerprint density at radius 1 is 1.36 bits per heavy atom. The molecule has 1 fully saturated rings. The second-order valence-electron chi connectivity index (χ2n) is 6.25. The summed E-state index contributed by atoms with van der Waals surface area (Å²) < 4.78 is 0. The van der Waals surface area contributed by atoms with Crippen molar-refractivity contribution in [3.63, 3.8) is 0 Å². The standard InChI is InChI=1S/C19H24ClN5/c1-14-5-4-9-22-18(14)12-23-19(21-2)24-16-8-10-25(13-16)17-7-3-6-15(20)11-17/h3-7,9,11,16H,8,10,12-13H2,1-2H3,(H2,21,23,24). The molecular weight excluding hydrogens is 334 g/mol. The molecule has 1 unspecified atom stereocenters. The molecule has 0 radical (unpaired) electrons. The number of aromatic nitrogens is 1. The predicted molar refractivity (Wildman–Crippen MR) is 104 cm³/mol. The van der Waals surface area contributed by atoms with Gasteiger partial charge < -0.3 is 15.5 Å². The Morgan fingerprint density at radius 2 is 2.24 bits per heavy atom. The molecule has 132 valence electrons. The molecule has 5 nitrogen and oxygen atoms in total. The van der Waals surface area contributed by atoms with Gasteiger partial charge in [-0.2, -0.15) is 0 Å². The van der Waals surface area contributed by atoms with Crippen molar-refractivity contribution < 1.29 is 0 Å². The highest BCUT2D eigenvalue weighted by molar-refractivity contribution is 6.30. The lowest BCUT2D eigenvalue weighted by atomic mass is 10.2. The molecule has 2 heterocycles. The highest BCUT2D eigenvalue weighted by Crippen LogP contribution is 2.23. The van der Waals surface area contributed by atoms with E-state index >= 15 is 0 Å². The van der Waals surface area contributed by atoms with Crippen LogP contribution < -0.4 is 15.5 Å². The Labute approximate surface area is 154 Å². The van der Waals surface area contributed by atoms with Gasteiger partial charge in [-0.15, -0.1) is 0 Å². The van der Waals surface area contributed by atoms with Gasteiger partial charge in [-0.25, -0.2) is 0 Å². The van der Waals surface area contributed by atoms with Gasteiger partial charge in [-0.3, -0.25) is 9.98 Å².